The van der Waals surface area contributed by atoms with Crippen LogP contribution in [-0.2, 0) is 9.53 Å². The van der Waals surface area contributed by atoms with Crippen LogP contribution in [0.4, 0.5) is 0 Å². The standard InChI is InChI=1S/C17H20O3/c1-3-9-15(4-2)10-8-13-19-17(18)14-20-16-11-6-5-7-12-16/h3-7,9,11-12H,1-2,8,10,13-14H2/b15-9+. The number of carbonyl (C=O) groups is 1. The lowest BCUT2D eigenvalue weighted by Crippen LogP contribution is -2.15. The summed E-state index contributed by atoms with van der Waals surface area (Å²) in [5, 5.41) is 0. The Balaban J connectivity index is 2.16. The number of benzene rings is 1. The van der Waals surface area contributed by atoms with Crippen molar-refractivity contribution >= 4 is 5.97 Å². The van der Waals surface area contributed by atoms with Crippen molar-refractivity contribution in [3.63, 3.8) is 0 Å². The summed E-state index contributed by atoms with van der Waals surface area (Å²) >= 11 is 0. The van der Waals surface area contributed by atoms with Crippen molar-refractivity contribution in [2.24, 2.45) is 0 Å². The Morgan fingerprint density at radius 2 is 1.95 bits per heavy atom. The van der Waals surface area contributed by atoms with E-state index < -0.39 is 0 Å². The van der Waals surface area contributed by atoms with Crippen LogP contribution in [0.2, 0.25) is 0 Å². The van der Waals surface area contributed by atoms with Gasteiger partial charge in [-0.15, -0.1) is 0 Å². The fourth-order valence-corrected chi connectivity index (χ4v) is 1.57. The van der Waals surface area contributed by atoms with Crippen molar-refractivity contribution in [1.29, 1.82) is 0 Å². The number of hydrogen-bond donors (Lipinski definition) is 0. The van der Waals surface area contributed by atoms with Crippen molar-refractivity contribution in [1.82, 2.24) is 0 Å². The van der Waals surface area contributed by atoms with Gasteiger partial charge >= 0.3 is 5.97 Å². The number of carbonyl (C=O) groups excluding carboxylic acids is 1. The first kappa shape index (κ1) is 15.8. The highest BCUT2D eigenvalue weighted by atomic mass is 16.6. The van der Waals surface area contributed by atoms with Gasteiger partial charge in [-0.2, -0.15) is 0 Å². The Bertz CT molecular complexity index is 460. The normalized spacial score (nSPS) is 10.7. The van der Waals surface area contributed by atoms with E-state index in [1.165, 1.54) is 0 Å². The smallest absolute Gasteiger partial charge is 0.344 e. The number of esters is 1. The molecule has 0 aromatic heterocycles. The summed E-state index contributed by atoms with van der Waals surface area (Å²) in [6.07, 6.45) is 6.96. The highest BCUT2D eigenvalue weighted by Gasteiger charge is 2.03. The Morgan fingerprint density at radius 3 is 2.60 bits per heavy atom. The third-order valence-electron chi connectivity index (χ3n) is 2.57. The molecule has 106 valence electrons. The maximum atomic E-state index is 11.5. The second kappa shape index (κ2) is 9.62. The van der Waals surface area contributed by atoms with Crippen LogP contribution in [0.25, 0.3) is 0 Å². The number of hydrogen-bond acceptors (Lipinski definition) is 3. The minimum Gasteiger partial charge on any atom is -0.482 e. The summed E-state index contributed by atoms with van der Waals surface area (Å²) in [7, 11) is 0. The van der Waals surface area contributed by atoms with Crippen molar-refractivity contribution in [3.05, 3.63) is 67.3 Å². The monoisotopic (exact) mass is 272 g/mol. The lowest BCUT2D eigenvalue weighted by Gasteiger charge is -2.07. The second-order valence-electron chi connectivity index (χ2n) is 4.11. The van der Waals surface area contributed by atoms with E-state index in [4.69, 9.17) is 9.47 Å². The molecule has 0 aliphatic rings. The molecule has 0 atom stereocenters. The van der Waals surface area contributed by atoms with Crippen LogP contribution < -0.4 is 4.74 Å². The minimum absolute atomic E-state index is 0.0686. The number of allylic oxidation sites excluding steroid dienone is 4. The van der Waals surface area contributed by atoms with Gasteiger partial charge in [0.15, 0.2) is 6.61 Å². The van der Waals surface area contributed by atoms with Gasteiger partial charge in [0.05, 0.1) is 6.61 Å². The summed E-state index contributed by atoms with van der Waals surface area (Å²) in [6, 6.07) is 9.18. The highest BCUT2D eigenvalue weighted by molar-refractivity contribution is 5.71. The lowest BCUT2D eigenvalue weighted by molar-refractivity contribution is -0.146. The number of para-hydroxylation sites is 1. The summed E-state index contributed by atoms with van der Waals surface area (Å²) < 4.78 is 10.4. The highest BCUT2D eigenvalue weighted by Crippen LogP contribution is 2.09. The molecule has 0 aliphatic carbocycles. The average Bonchev–Trinajstić information content (AvgIpc) is 2.49. The van der Waals surface area contributed by atoms with Crippen molar-refractivity contribution in [2.45, 2.75) is 12.8 Å². The maximum Gasteiger partial charge on any atom is 0.344 e. The molecular weight excluding hydrogens is 252 g/mol. The molecule has 0 spiro atoms. The van der Waals surface area contributed by atoms with Crippen molar-refractivity contribution in [2.75, 3.05) is 13.2 Å². The quantitative estimate of drug-likeness (QED) is 0.391. The molecule has 1 aromatic rings. The van der Waals surface area contributed by atoms with E-state index in [2.05, 4.69) is 13.2 Å². The molecule has 3 heteroatoms. The average molecular weight is 272 g/mol. The van der Waals surface area contributed by atoms with Gasteiger partial charge in [0.2, 0.25) is 0 Å². The molecule has 0 unspecified atom stereocenters. The molecule has 0 saturated carbocycles. The van der Waals surface area contributed by atoms with Gasteiger partial charge < -0.3 is 9.47 Å². The molecule has 20 heavy (non-hydrogen) atoms. The third-order valence-corrected chi connectivity index (χ3v) is 2.57. The molecule has 0 aliphatic heterocycles. The molecule has 0 fully saturated rings. The van der Waals surface area contributed by atoms with Crippen molar-refractivity contribution in [3.8, 4) is 5.75 Å². The van der Waals surface area contributed by atoms with E-state index >= 15 is 0 Å². The van der Waals surface area contributed by atoms with Gasteiger partial charge in [-0.3, -0.25) is 0 Å². The molecule has 0 saturated heterocycles. The van der Waals surface area contributed by atoms with E-state index in [1.54, 1.807) is 24.3 Å². The summed E-state index contributed by atoms with van der Waals surface area (Å²) in [5.74, 6) is 0.300. The summed E-state index contributed by atoms with van der Waals surface area (Å²) in [4.78, 5) is 11.5. The fourth-order valence-electron chi connectivity index (χ4n) is 1.57. The molecule has 0 amide bonds. The van der Waals surface area contributed by atoms with Crippen LogP contribution in [0, 0.1) is 0 Å². The predicted octanol–water partition coefficient (Wildman–Crippen LogP) is 3.69. The first-order valence-electron chi connectivity index (χ1n) is 6.53. The Labute approximate surface area is 120 Å². The molecule has 0 radical (unpaired) electrons. The van der Waals surface area contributed by atoms with Gasteiger partial charge in [0, 0.05) is 0 Å². The first-order valence-corrected chi connectivity index (χ1v) is 6.53. The van der Waals surface area contributed by atoms with E-state index in [0.717, 1.165) is 18.4 Å². The maximum absolute atomic E-state index is 11.5. The van der Waals surface area contributed by atoms with Crippen LogP contribution in [-0.4, -0.2) is 19.2 Å². The molecule has 1 aromatic carbocycles. The van der Waals surface area contributed by atoms with Crippen LogP contribution in [0.5, 0.6) is 5.75 Å². The predicted molar refractivity (Wildman–Crippen MR) is 80.6 cm³/mol. The lowest BCUT2D eigenvalue weighted by atomic mass is 10.1. The van der Waals surface area contributed by atoms with Crippen molar-refractivity contribution < 1.29 is 14.3 Å². The fraction of sp³-hybridized carbons (Fsp3) is 0.235. The molecule has 3 nitrogen and oxygen atoms in total. The van der Waals surface area contributed by atoms with Gasteiger partial charge in [-0.05, 0) is 30.5 Å². The van der Waals surface area contributed by atoms with E-state index in [1.807, 2.05) is 24.3 Å². The Morgan fingerprint density at radius 1 is 1.20 bits per heavy atom. The summed E-state index contributed by atoms with van der Waals surface area (Å²) in [5.41, 5.74) is 1.08. The molecular formula is C17H20O3. The zero-order valence-corrected chi connectivity index (χ0v) is 11.6. The molecule has 0 N–H and O–H groups in total. The van der Waals surface area contributed by atoms with Gasteiger partial charge in [0.1, 0.15) is 5.75 Å². The van der Waals surface area contributed by atoms with E-state index in [-0.39, 0.29) is 12.6 Å². The zero-order valence-electron chi connectivity index (χ0n) is 11.6. The number of ether oxygens (including phenoxy) is 2. The van der Waals surface area contributed by atoms with E-state index in [9.17, 15) is 4.79 Å². The van der Waals surface area contributed by atoms with Crippen LogP contribution in [0.3, 0.4) is 0 Å². The molecule has 0 heterocycles. The van der Waals surface area contributed by atoms with Gasteiger partial charge in [-0.1, -0.05) is 49.6 Å². The van der Waals surface area contributed by atoms with Crippen LogP contribution in [0.15, 0.2) is 67.3 Å². The minimum atomic E-state index is -0.360. The Hall–Kier alpha value is -2.29. The van der Waals surface area contributed by atoms with Crippen LogP contribution >= 0.6 is 0 Å². The summed E-state index contributed by atoms with van der Waals surface area (Å²) in [6.45, 7) is 7.65. The van der Waals surface area contributed by atoms with Crippen LogP contribution in [0.1, 0.15) is 12.8 Å². The third kappa shape index (κ3) is 6.59. The largest absolute Gasteiger partial charge is 0.482 e. The van der Waals surface area contributed by atoms with Gasteiger partial charge in [-0.25, -0.2) is 4.79 Å². The molecule has 0 bridgehead atoms. The molecule has 1 rings (SSSR count). The second-order valence-corrected chi connectivity index (χ2v) is 4.11. The van der Waals surface area contributed by atoms with E-state index in [0.29, 0.717) is 12.4 Å². The Kier molecular flexibility index (Phi) is 7.58. The van der Waals surface area contributed by atoms with Gasteiger partial charge in [0.25, 0.3) is 0 Å². The number of rotatable bonds is 9. The first-order chi connectivity index (χ1) is 9.76. The topological polar surface area (TPSA) is 35.5 Å². The zero-order chi connectivity index (χ0) is 14.6. The SMILES string of the molecule is C=C/C=C(\C=C)CCCOC(=O)COc1ccccc1.